The van der Waals surface area contributed by atoms with Gasteiger partial charge in [-0.15, -0.1) is 11.3 Å². The summed E-state index contributed by atoms with van der Waals surface area (Å²) in [5.74, 6) is 0.523. The highest BCUT2D eigenvalue weighted by Crippen LogP contribution is 2.39. The first-order valence-corrected chi connectivity index (χ1v) is 15.6. The highest BCUT2D eigenvalue weighted by atomic mass is 32.1. The molecule has 1 aliphatic heterocycles. The Morgan fingerprint density at radius 3 is 2.71 bits per heavy atom. The Morgan fingerprint density at radius 2 is 1.95 bits per heavy atom. The van der Waals surface area contributed by atoms with Crippen molar-refractivity contribution in [2.24, 2.45) is 5.92 Å². The lowest BCUT2D eigenvalue weighted by Crippen LogP contribution is -2.45. The third-order valence-electron chi connectivity index (χ3n) is 8.86. The zero-order chi connectivity index (χ0) is 29.4. The average molecular weight is 598 g/mol. The second kappa shape index (κ2) is 12.0. The maximum absolute atomic E-state index is 12.3. The zero-order valence-corrected chi connectivity index (χ0v) is 24.9. The number of rotatable bonds is 9. The largest absolute Gasteiger partial charge is 0.390 e. The zero-order valence-electron chi connectivity index (χ0n) is 24.0. The summed E-state index contributed by atoms with van der Waals surface area (Å²) in [7, 11) is 0. The van der Waals surface area contributed by atoms with Gasteiger partial charge in [0.05, 0.1) is 46.0 Å². The number of morpholine rings is 1. The maximum Gasteiger partial charge on any atom is 0.248 e. The molecule has 3 fully saturated rings. The first-order chi connectivity index (χ1) is 20.2. The molecular formula is C29H39N7O5S. The number of aromatic nitrogens is 4. The summed E-state index contributed by atoms with van der Waals surface area (Å²) in [5.41, 5.74) is 2.45. The molecule has 0 radical (unpaired) electrons. The number of anilines is 2. The van der Waals surface area contributed by atoms with Gasteiger partial charge in [-0.05, 0) is 45.6 Å². The van der Waals surface area contributed by atoms with Crippen molar-refractivity contribution in [1.29, 1.82) is 0 Å². The van der Waals surface area contributed by atoms with Crippen LogP contribution in [0.1, 0.15) is 49.9 Å². The fourth-order valence-corrected chi connectivity index (χ4v) is 7.55. The lowest BCUT2D eigenvalue weighted by atomic mass is 9.98. The van der Waals surface area contributed by atoms with Crippen molar-refractivity contribution in [3.8, 4) is 10.6 Å². The van der Waals surface area contributed by atoms with E-state index >= 15 is 0 Å². The third kappa shape index (κ3) is 5.93. The summed E-state index contributed by atoms with van der Waals surface area (Å²) in [6.45, 7) is 5.70. The van der Waals surface area contributed by atoms with Gasteiger partial charge in [0.15, 0.2) is 0 Å². The molecule has 12 nitrogen and oxygen atoms in total. The predicted molar refractivity (Wildman–Crippen MR) is 159 cm³/mol. The molecule has 6 rings (SSSR count). The summed E-state index contributed by atoms with van der Waals surface area (Å²) in [6, 6.07) is 1.43. The number of fused-ring (bicyclic) bond motifs is 1. The van der Waals surface area contributed by atoms with Crippen LogP contribution in [0, 0.1) is 19.8 Å². The van der Waals surface area contributed by atoms with Gasteiger partial charge in [-0.3, -0.25) is 9.78 Å². The number of pyridine rings is 1. The molecule has 1 saturated heterocycles. The van der Waals surface area contributed by atoms with Gasteiger partial charge < -0.3 is 35.6 Å². The molecule has 1 amide bonds. The van der Waals surface area contributed by atoms with E-state index in [0.29, 0.717) is 56.5 Å². The molecule has 0 aromatic carbocycles. The van der Waals surface area contributed by atoms with Gasteiger partial charge in [0.2, 0.25) is 11.9 Å². The topological polar surface area (TPSA) is 166 Å². The Morgan fingerprint density at radius 1 is 1.14 bits per heavy atom. The molecule has 0 spiro atoms. The van der Waals surface area contributed by atoms with Crippen molar-refractivity contribution < 1.29 is 24.9 Å². The minimum absolute atomic E-state index is 0.0426. The molecule has 3 aliphatic rings. The van der Waals surface area contributed by atoms with E-state index in [0.717, 1.165) is 52.2 Å². The van der Waals surface area contributed by atoms with Crippen LogP contribution >= 0.6 is 11.3 Å². The quantitative estimate of drug-likeness (QED) is 0.246. The highest BCUT2D eigenvalue weighted by molar-refractivity contribution is 7.21. The monoisotopic (exact) mass is 597 g/mol. The molecule has 3 aromatic rings. The van der Waals surface area contributed by atoms with Crippen molar-refractivity contribution in [2.75, 3.05) is 43.5 Å². The molecule has 2 saturated carbocycles. The number of hydrogen-bond donors (Lipinski definition) is 5. The number of thiazole rings is 1. The van der Waals surface area contributed by atoms with Gasteiger partial charge in [0, 0.05) is 31.7 Å². The van der Waals surface area contributed by atoms with E-state index in [1.165, 1.54) is 11.3 Å². The SMILES string of the molecule is Cc1nc(NCCC2(O)CCCC2)nc(NC2C[C@H](CN3CCOCC3=O)[C@@H](O)[C@H]2O)c1-c1nc2c(C)nccc2s1. The number of ether oxygens (including phenoxy) is 1. The molecule has 3 aromatic heterocycles. The Balaban J connectivity index is 1.27. The smallest absolute Gasteiger partial charge is 0.248 e. The number of nitrogens with one attached hydrogen (secondary N) is 2. The minimum atomic E-state index is -1.05. The van der Waals surface area contributed by atoms with E-state index in [-0.39, 0.29) is 18.4 Å². The van der Waals surface area contributed by atoms with Gasteiger partial charge in [0.1, 0.15) is 29.1 Å². The molecule has 0 bridgehead atoms. The number of aryl methyl sites for hydroxylation is 2. The van der Waals surface area contributed by atoms with Crippen LogP contribution in [0.15, 0.2) is 12.3 Å². The number of nitrogens with zero attached hydrogens (tertiary/aromatic N) is 5. The van der Waals surface area contributed by atoms with Gasteiger partial charge >= 0.3 is 0 Å². The van der Waals surface area contributed by atoms with Crippen molar-refractivity contribution in [3.63, 3.8) is 0 Å². The second-order valence-corrected chi connectivity index (χ2v) is 12.9. The number of carbonyl (C=O) groups is 1. The summed E-state index contributed by atoms with van der Waals surface area (Å²) >= 11 is 1.52. The lowest BCUT2D eigenvalue weighted by Gasteiger charge is -2.30. The van der Waals surface area contributed by atoms with Crippen molar-refractivity contribution in [3.05, 3.63) is 23.7 Å². The third-order valence-corrected chi connectivity index (χ3v) is 9.90. The van der Waals surface area contributed by atoms with E-state index in [1.54, 1.807) is 11.1 Å². The number of hydrogen-bond acceptors (Lipinski definition) is 12. The summed E-state index contributed by atoms with van der Waals surface area (Å²) < 4.78 is 6.24. The van der Waals surface area contributed by atoms with E-state index in [2.05, 4.69) is 15.6 Å². The normalized spacial score (nSPS) is 25.8. The van der Waals surface area contributed by atoms with Gasteiger partial charge in [-0.2, -0.15) is 4.98 Å². The van der Waals surface area contributed by atoms with Crippen LogP contribution in [0.2, 0.25) is 0 Å². The molecular weight excluding hydrogens is 558 g/mol. The van der Waals surface area contributed by atoms with Crippen LogP contribution in [-0.2, 0) is 9.53 Å². The van der Waals surface area contributed by atoms with Crippen LogP contribution in [0.4, 0.5) is 11.8 Å². The van der Waals surface area contributed by atoms with Crippen molar-refractivity contribution >= 4 is 39.2 Å². The fraction of sp³-hybridized carbons (Fsp3) is 0.621. The second-order valence-electron chi connectivity index (χ2n) is 11.8. The minimum Gasteiger partial charge on any atom is -0.390 e. The van der Waals surface area contributed by atoms with E-state index in [1.807, 2.05) is 19.9 Å². The van der Waals surface area contributed by atoms with Gasteiger partial charge in [-0.1, -0.05) is 12.8 Å². The summed E-state index contributed by atoms with van der Waals surface area (Å²) in [4.78, 5) is 32.8. The van der Waals surface area contributed by atoms with Crippen molar-refractivity contribution in [1.82, 2.24) is 24.8 Å². The Labute approximate surface area is 248 Å². The van der Waals surface area contributed by atoms with E-state index in [4.69, 9.17) is 19.7 Å². The van der Waals surface area contributed by atoms with E-state index < -0.39 is 23.9 Å². The molecule has 42 heavy (non-hydrogen) atoms. The molecule has 4 heterocycles. The summed E-state index contributed by atoms with van der Waals surface area (Å²) in [5, 5.41) is 40.2. The number of aliphatic hydroxyl groups excluding tert-OH is 2. The highest BCUT2D eigenvalue weighted by Gasteiger charge is 2.43. The number of amides is 1. The first kappa shape index (κ1) is 29.1. The molecule has 2 aliphatic carbocycles. The Kier molecular flexibility index (Phi) is 8.29. The number of aliphatic hydroxyl groups is 3. The average Bonchev–Trinajstić information content (AvgIpc) is 3.65. The fourth-order valence-electron chi connectivity index (χ4n) is 6.44. The summed E-state index contributed by atoms with van der Waals surface area (Å²) in [6.07, 6.45) is 4.49. The lowest BCUT2D eigenvalue weighted by molar-refractivity contribution is -0.144. The molecule has 1 unspecified atom stereocenters. The van der Waals surface area contributed by atoms with Crippen LogP contribution in [0.3, 0.4) is 0 Å². The molecule has 5 N–H and O–H groups in total. The number of carbonyl (C=O) groups excluding carboxylic acids is 1. The van der Waals surface area contributed by atoms with E-state index in [9.17, 15) is 20.1 Å². The van der Waals surface area contributed by atoms with Crippen LogP contribution in [-0.4, -0.2) is 103 Å². The molecule has 226 valence electrons. The van der Waals surface area contributed by atoms with Crippen LogP contribution in [0.25, 0.3) is 20.8 Å². The molecule has 13 heteroatoms. The van der Waals surface area contributed by atoms with Crippen LogP contribution in [0.5, 0.6) is 0 Å². The van der Waals surface area contributed by atoms with Crippen LogP contribution < -0.4 is 10.6 Å². The molecule has 4 atom stereocenters. The Hall–Kier alpha value is -2.97. The van der Waals surface area contributed by atoms with Gasteiger partial charge in [-0.25, -0.2) is 9.97 Å². The first-order valence-electron chi connectivity index (χ1n) is 14.8. The van der Waals surface area contributed by atoms with Crippen molar-refractivity contribution in [2.45, 2.75) is 76.2 Å². The van der Waals surface area contributed by atoms with Gasteiger partial charge in [0.25, 0.3) is 0 Å². The standard InChI is InChI=1S/C29H39N7O5S/c1-16-22(27-34-23-17(2)30-9-5-20(23)42-27)26(35-28(32-16)31-10-8-29(40)6-3-4-7-29)33-19-13-18(24(38)25(19)39)14-36-11-12-41-15-21(36)37/h5,9,18-19,24-25,38-40H,3-4,6-8,10-15H2,1-2H3,(H2,31,32,33,35)/t18-,19?,24-,25+/m1/s1. The predicted octanol–water partition coefficient (Wildman–Crippen LogP) is 2.25. The Bertz CT molecular complexity index is 1450. The maximum atomic E-state index is 12.3.